The second kappa shape index (κ2) is 5.29. The van der Waals surface area contributed by atoms with Gasteiger partial charge >= 0.3 is 13.6 Å². The third-order valence-electron chi connectivity index (χ3n) is 1.72. The van der Waals surface area contributed by atoms with Gasteiger partial charge in [0, 0.05) is 5.57 Å². The van der Waals surface area contributed by atoms with Crippen LogP contribution in [0.3, 0.4) is 0 Å². The summed E-state index contributed by atoms with van der Waals surface area (Å²) in [5.41, 5.74) is -0.836. The highest BCUT2D eigenvalue weighted by Gasteiger charge is 2.29. The van der Waals surface area contributed by atoms with Gasteiger partial charge in [-0.3, -0.25) is 4.57 Å². The molecule has 0 radical (unpaired) electrons. The lowest BCUT2D eigenvalue weighted by Crippen LogP contribution is -2.11. The third-order valence-corrected chi connectivity index (χ3v) is 3.64. The molecule has 82 valence electrons. The molecule has 0 saturated heterocycles. The molecule has 0 spiro atoms. The van der Waals surface area contributed by atoms with Crippen molar-refractivity contribution in [2.75, 3.05) is 6.61 Å². The summed E-state index contributed by atoms with van der Waals surface area (Å²) in [5, 5.41) is 8.51. The van der Waals surface area contributed by atoms with Crippen LogP contribution in [0.4, 0.5) is 0 Å². The van der Waals surface area contributed by atoms with Gasteiger partial charge in [0.2, 0.25) is 0 Å². The van der Waals surface area contributed by atoms with E-state index >= 15 is 0 Å². The molecular weight excluding hydrogens is 207 g/mol. The van der Waals surface area contributed by atoms with Gasteiger partial charge in [-0.1, -0.05) is 13.5 Å². The maximum atomic E-state index is 11.4. The average Bonchev–Trinajstić information content (AvgIpc) is 2.03. The summed E-state index contributed by atoms with van der Waals surface area (Å²) in [7, 11) is -3.70. The van der Waals surface area contributed by atoms with Gasteiger partial charge < -0.3 is 14.5 Å². The van der Waals surface area contributed by atoms with Gasteiger partial charge in [0.05, 0.1) is 12.3 Å². The number of hydrogen-bond acceptors (Lipinski definition) is 3. The molecule has 2 N–H and O–H groups in total. The van der Waals surface area contributed by atoms with Crippen LogP contribution in [-0.2, 0) is 13.9 Å². The molecule has 0 bridgehead atoms. The Hall–Kier alpha value is -0.640. The van der Waals surface area contributed by atoms with Crippen molar-refractivity contribution in [1.82, 2.24) is 0 Å². The third kappa shape index (κ3) is 4.05. The SMILES string of the molecule is C=C(CC(C)P(=O)(O)OCC)C(=O)O. The Bertz CT molecular complexity index is 273. The standard InChI is InChI=1S/C8H15O5P/c1-4-13-14(11,12)7(3)5-6(2)8(9)10/h7H,2,4-5H2,1,3H3,(H,9,10)(H,11,12). The Morgan fingerprint density at radius 3 is 2.50 bits per heavy atom. The van der Waals surface area contributed by atoms with E-state index in [0.29, 0.717) is 0 Å². The van der Waals surface area contributed by atoms with Gasteiger partial charge in [0.25, 0.3) is 0 Å². The minimum Gasteiger partial charge on any atom is -0.478 e. The van der Waals surface area contributed by atoms with Crippen LogP contribution in [-0.4, -0.2) is 28.2 Å². The van der Waals surface area contributed by atoms with Crippen LogP contribution in [0, 0.1) is 0 Å². The van der Waals surface area contributed by atoms with Crippen LogP contribution < -0.4 is 0 Å². The summed E-state index contributed by atoms with van der Waals surface area (Å²) in [4.78, 5) is 19.7. The van der Waals surface area contributed by atoms with E-state index in [0.717, 1.165) is 0 Å². The number of carboxylic acids is 1. The molecule has 0 saturated carbocycles. The fraction of sp³-hybridized carbons (Fsp3) is 0.625. The molecule has 0 aromatic rings. The number of carbonyl (C=O) groups is 1. The molecule has 0 aliphatic rings. The van der Waals surface area contributed by atoms with E-state index in [1.54, 1.807) is 6.92 Å². The Labute approximate surface area is 82.9 Å². The predicted molar refractivity (Wildman–Crippen MR) is 52.3 cm³/mol. The molecule has 5 nitrogen and oxygen atoms in total. The summed E-state index contributed by atoms with van der Waals surface area (Å²) >= 11 is 0. The molecule has 2 atom stereocenters. The maximum absolute atomic E-state index is 11.4. The summed E-state index contributed by atoms with van der Waals surface area (Å²) in [6.07, 6.45) is -0.0525. The van der Waals surface area contributed by atoms with Gasteiger partial charge in [0.1, 0.15) is 0 Å². The Morgan fingerprint density at radius 2 is 2.14 bits per heavy atom. The predicted octanol–water partition coefficient (Wildman–Crippen LogP) is 1.63. The van der Waals surface area contributed by atoms with E-state index in [1.807, 2.05) is 0 Å². The van der Waals surface area contributed by atoms with Crippen LogP contribution in [0.5, 0.6) is 0 Å². The molecule has 0 heterocycles. The van der Waals surface area contributed by atoms with E-state index < -0.39 is 19.2 Å². The zero-order valence-electron chi connectivity index (χ0n) is 8.27. The molecule has 14 heavy (non-hydrogen) atoms. The molecule has 2 unspecified atom stereocenters. The first-order valence-electron chi connectivity index (χ1n) is 4.19. The van der Waals surface area contributed by atoms with Crippen molar-refractivity contribution < 1.29 is 23.9 Å². The van der Waals surface area contributed by atoms with E-state index in [1.165, 1.54) is 6.92 Å². The smallest absolute Gasteiger partial charge is 0.331 e. The Balaban J connectivity index is 4.34. The van der Waals surface area contributed by atoms with E-state index in [9.17, 15) is 14.3 Å². The molecule has 0 aliphatic carbocycles. The fourth-order valence-corrected chi connectivity index (χ4v) is 1.95. The monoisotopic (exact) mass is 222 g/mol. The largest absolute Gasteiger partial charge is 0.478 e. The second-order valence-corrected chi connectivity index (χ2v) is 5.21. The van der Waals surface area contributed by atoms with E-state index in [2.05, 4.69) is 11.1 Å². The van der Waals surface area contributed by atoms with Crippen molar-refractivity contribution in [2.24, 2.45) is 0 Å². The van der Waals surface area contributed by atoms with Crippen LogP contribution in [0.15, 0.2) is 12.2 Å². The van der Waals surface area contributed by atoms with Gasteiger partial charge in [-0.2, -0.15) is 0 Å². The number of hydrogen-bond donors (Lipinski definition) is 2. The van der Waals surface area contributed by atoms with Crippen LogP contribution in [0.25, 0.3) is 0 Å². The first-order valence-corrected chi connectivity index (χ1v) is 5.84. The van der Waals surface area contributed by atoms with E-state index in [-0.39, 0.29) is 18.6 Å². The molecule has 0 amide bonds. The summed E-state index contributed by atoms with van der Waals surface area (Å²) in [5.74, 6) is -1.16. The number of rotatable bonds is 6. The van der Waals surface area contributed by atoms with Crippen molar-refractivity contribution >= 4 is 13.6 Å². The lowest BCUT2D eigenvalue weighted by Gasteiger charge is -2.17. The average molecular weight is 222 g/mol. The summed E-state index contributed by atoms with van der Waals surface area (Å²) in [6.45, 7) is 6.46. The van der Waals surface area contributed by atoms with Crippen LogP contribution in [0.1, 0.15) is 20.3 Å². The highest BCUT2D eigenvalue weighted by Crippen LogP contribution is 2.49. The zero-order valence-corrected chi connectivity index (χ0v) is 9.16. The molecular formula is C8H15O5P. The fourth-order valence-electron chi connectivity index (χ4n) is 0.871. The first-order chi connectivity index (χ1) is 6.31. The van der Waals surface area contributed by atoms with Crippen molar-refractivity contribution in [3.63, 3.8) is 0 Å². The minimum atomic E-state index is -3.70. The highest BCUT2D eigenvalue weighted by atomic mass is 31.2. The van der Waals surface area contributed by atoms with Crippen molar-refractivity contribution in [3.05, 3.63) is 12.2 Å². The summed E-state index contributed by atoms with van der Waals surface area (Å²) < 4.78 is 16.0. The van der Waals surface area contributed by atoms with Crippen LogP contribution in [0.2, 0.25) is 0 Å². The van der Waals surface area contributed by atoms with Gasteiger partial charge in [0.15, 0.2) is 0 Å². The lowest BCUT2D eigenvalue weighted by molar-refractivity contribution is -0.132. The zero-order chi connectivity index (χ0) is 11.4. The molecule has 0 fully saturated rings. The topological polar surface area (TPSA) is 83.8 Å². The van der Waals surface area contributed by atoms with E-state index in [4.69, 9.17) is 5.11 Å². The second-order valence-electron chi connectivity index (χ2n) is 2.94. The number of carboxylic acid groups (broad SMARTS) is 1. The van der Waals surface area contributed by atoms with Crippen LogP contribution >= 0.6 is 7.60 Å². The highest BCUT2D eigenvalue weighted by molar-refractivity contribution is 7.53. The lowest BCUT2D eigenvalue weighted by atomic mass is 10.2. The quantitative estimate of drug-likeness (QED) is 0.527. The Kier molecular flexibility index (Phi) is 5.05. The van der Waals surface area contributed by atoms with Gasteiger partial charge in [-0.05, 0) is 13.3 Å². The van der Waals surface area contributed by atoms with Gasteiger partial charge in [-0.25, -0.2) is 4.79 Å². The molecule has 0 aromatic heterocycles. The van der Waals surface area contributed by atoms with Gasteiger partial charge in [-0.15, -0.1) is 0 Å². The number of aliphatic carboxylic acids is 1. The minimum absolute atomic E-state index is 0.0525. The van der Waals surface area contributed by atoms with Crippen molar-refractivity contribution in [3.8, 4) is 0 Å². The molecule has 0 rings (SSSR count). The Morgan fingerprint density at radius 1 is 1.64 bits per heavy atom. The maximum Gasteiger partial charge on any atom is 0.331 e. The van der Waals surface area contributed by atoms with Crippen molar-refractivity contribution in [2.45, 2.75) is 25.9 Å². The molecule has 6 heteroatoms. The molecule has 0 aromatic carbocycles. The first kappa shape index (κ1) is 13.4. The normalized spacial score (nSPS) is 17.1. The molecule has 0 aliphatic heterocycles. The van der Waals surface area contributed by atoms with Crippen molar-refractivity contribution in [1.29, 1.82) is 0 Å². The summed E-state index contributed by atoms with van der Waals surface area (Å²) in [6, 6.07) is 0.